The zero-order valence-electron chi connectivity index (χ0n) is 12.2. The number of halogens is 1. The van der Waals surface area contributed by atoms with Gasteiger partial charge in [-0.25, -0.2) is 4.68 Å². The Bertz CT molecular complexity index is 573. The van der Waals surface area contributed by atoms with E-state index in [0.29, 0.717) is 6.54 Å². The fourth-order valence-corrected chi connectivity index (χ4v) is 2.42. The summed E-state index contributed by atoms with van der Waals surface area (Å²) in [6.07, 6.45) is 3.54. The summed E-state index contributed by atoms with van der Waals surface area (Å²) in [6.45, 7) is 7.46. The van der Waals surface area contributed by atoms with Crippen molar-refractivity contribution >= 4 is 11.6 Å². The van der Waals surface area contributed by atoms with Crippen LogP contribution < -0.4 is 5.73 Å². The molecule has 0 aliphatic carbocycles. The van der Waals surface area contributed by atoms with Crippen LogP contribution in [0.25, 0.3) is 0 Å². The molecule has 0 bridgehead atoms. The number of hydrogen-bond donors (Lipinski definition) is 1. The van der Waals surface area contributed by atoms with Crippen LogP contribution in [0.4, 0.5) is 0 Å². The molecule has 0 saturated heterocycles. The Labute approximate surface area is 123 Å². The summed E-state index contributed by atoms with van der Waals surface area (Å²) in [4.78, 5) is 0. The summed E-state index contributed by atoms with van der Waals surface area (Å²) >= 11 is 6.39. The van der Waals surface area contributed by atoms with Crippen molar-refractivity contribution < 1.29 is 0 Å². The number of rotatable bonds is 6. The summed E-state index contributed by atoms with van der Waals surface area (Å²) in [5.74, 6) is 0. The van der Waals surface area contributed by atoms with Gasteiger partial charge in [-0.3, -0.25) is 4.68 Å². The van der Waals surface area contributed by atoms with Gasteiger partial charge in [-0.15, -0.1) is 5.10 Å². The van der Waals surface area contributed by atoms with Crippen molar-refractivity contribution in [3.63, 3.8) is 0 Å². The minimum Gasteiger partial charge on any atom is -0.323 e. The minimum atomic E-state index is -0.0680. The van der Waals surface area contributed by atoms with Gasteiger partial charge in [0.2, 0.25) is 0 Å². The number of nitrogens with two attached hydrogens (primary N) is 1. The van der Waals surface area contributed by atoms with Crippen molar-refractivity contribution in [1.82, 2.24) is 24.8 Å². The molecule has 2 aromatic rings. The third-order valence-corrected chi connectivity index (χ3v) is 3.82. The van der Waals surface area contributed by atoms with Gasteiger partial charge >= 0.3 is 0 Å². The average molecular weight is 297 g/mol. The fraction of sp³-hybridized carbons (Fsp3) is 0.615. The van der Waals surface area contributed by atoms with Gasteiger partial charge in [0, 0.05) is 6.54 Å². The van der Waals surface area contributed by atoms with E-state index in [0.717, 1.165) is 41.5 Å². The van der Waals surface area contributed by atoms with Gasteiger partial charge in [-0.2, -0.15) is 5.10 Å². The molecule has 110 valence electrons. The van der Waals surface area contributed by atoms with Crippen molar-refractivity contribution in [1.29, 1.82) is 0 Å². The summed E-state index contributed by atoms with van der Waals surface area (Å²) in [6, 6.07) is -0.0680. The molecule has 7 heteroatoms. The van der Waals surface area contributed by atoms with Gasteiger partial charge in [-0.1, -0.05) is 30.7 Å². The quantitative estimate of drug-likeness (QED) is 0.886. The molecule has 0 fully saturated rings. The van der Waals surface area contributed by atoms with Gasteiger partial charge in [0.1, 0.15) is 0 Å². The normalized spacial score (nSPS) is 12.8. The topological polar surface area (TPSA) is 74.5 Å². The first-order valence-corrected chi connectivity index (χ1v) is 7.38. The smallest absolute Gasteiger partial charge is 0.0994 e. The van der Waals surface area contributed by atoms with Crippen molar-refractivity contribution in [2.75, 3.05) is 0 Å². The van der Waals surface area contributed by atoms with Crippen LogP contribution in [-0.2, 0) is 19.5 Å². The van der Waals surface area contributed by atoms with E-state index >= 15 is 0 Å². The Kier molecular flexibility index (Phi) is 4.77. The Morgan fingerprint density at radius 3 is 2.70 bits per heavy atom. The lowest BCUT2D eigenvalue weighted by Crippen LogP contribution is -2.10. The van der Waals surface area contributed by atoms with E-state index in [4.69, 9.17) is 17.3 Å². The third-order valence-electron chi connectivity index (χ3n) is 3.38. The highest BCUT2D eigenvalue weighted by Gasteiger charge is 2.16. The second kappa shape index (κ2) is 6.37. The van der Waals surface area contributed by atoms with Gasteiger partial charge in [0.05, 0.1) is 40.9 Å². The molecule has 1 unspecified atom stereocenters. The Hall–Kier alpha value is -1.40. The predicted octanol–water partition coefficient (Wildman–Crippen LogP) is 2.17. The predicted molar refractivity (Wildman–Crippen MR) is 78.6 cm³/mol. The van der Waals surface area contributed by atoms with Gasteiger partial charge in [0.15, 0.2) is 0 Å². The molecule has 2 rings (SSSR count). The molecule has 2 heterocycles. The first-order chi connectivity index (χ1) is 9.60. The largest absolute Gasteiger partial charge is 0.323 e. The van der Waals surface area contributed by atoms with Crippen LogP contribution in [0.5, 0.6) is 0 Å². The van der Waals surface area contributed by atoms with Crippen molar-refractivity contribution in [3.05, 3.63) is 28.3 Å². The van der Waals surface area contributed by atoms with Crippen LogP contribution in [0.1, 0.15) is 50.3 Å². The highest BCUT2D eigenvalue weighted by molar-refractivity contribution is 6.31. The van der Waals surface area contributed by atoms with Crippen LogP contribution in [0, 0.1) is 0 Å². The maximum Gasteiger partial charge on any atom is 0.0994 e. The van der Waals surface area contributed by atoms with Crippen molar-refractivity contribution in [3.8, 4) is 0 Å². The lowest BCUT2D eigenvalue weighted by atomic mass is 10.2. The molecule has 0 saturated carbocycles. The molecule has 0 aliphatic rings. The zero-order valence-corrected chi connectivity index (χ0v) is 12.9. The van der Waals surface area contributed by atoms with Crippen molar-refractivity contribution in [2.24, 2.45) is 5.73 Å². The summed E-state index contributed by atoms with van der Waals surface area (Å²) in [5.41, 5.74) is 8.65. The second-order valence-corrected chi connectivity index (χ2v) is 5.11. The molecule has 0 spiro atoms. The number of aryl methyl sites for hydroxylation is 2. The number of aromatic nitrogens is 5. The van der Waals surface area contributed by atoms with E-state index in [9.17, 15) is 0 Å². The molecular weight excluding hydrogens is 276 g/mol. The van der Waals surface area contributed by atoms with Crippen LogP contribution in [0.3, 0.4) is 0 Å². The fourth-order valence-electron chi connectivity index (χ4n) is 2.09. The lowest BCUT2D eigenvalue weighted by molar-refractivity contribution is 0.563. The van der Waals surface area contributed by atoms with E-state index in [1.54, 1.807) is 4.68 Å². The SMILES string of the molecule is CCc1nn(CC)c(Cn2cc(C(N)CC)nn2)c1Cl. The van der Waals surface area contributed by atoms with Gasteiger partial charge in [-0.05, 0) is 19.8 Å². The first kappa shape index (κ1) is 15.0. The van der Waals surface area contributed by atoms with E-state index in [-0.39, 0.29) is 6.04 Å². The highest BCUT2D eigenvalue weighted by atomic mass is 35.5. The molecule has 0 amide bonds. The Morgan fingerprint density at radius 1 is 1.35 bits per heavy atom. The molecule has 2 aromatic heterocycles. The second-order valence-electron chi connectivity index (χ2n) is 4.73. The minimum absolute atomic E-state index is 0.0680. The summed E-state index contributed by atoms with van der Waals surface area (Å²) in [7, 11) is 0. The molecule has 6 nitrogen and oxygen atoms in total. The summed E-state index contributed by atoms with van der Waals surface area (Å²) in [5, 5.41) is 13.5. The highest BCUT2D eigenvalue weighted by Crippen LogP contribution is 2.22. The monoisotopic (exact) mass is 296 g/mol. The van der Waals surface area contributed by atoms with Gasteiger partial charge in [0.25, 0.3) is 0 Å². The Morgan fingerprint density at radius 2 is 2.10 bits per heavy atom. The molecule has 1 atom stereocenters. The maximum absolute atomic E-state index is 6.39. The number of hydrogen-bond acceptors (Lipinski definition) is 4. The zero-order chi connectivity index (χ0) is 14.7. The van der Waals surface area contributed by atoms with Crippen molar-refractivity contribution in [2.45, 2.75) is 52.7 Å². The van der Waals surface area contributed by atoms with Gasteiger partial charge < -0.3 is 5.73 Å². The molecule has 0 aliphatic heterocycles. The third kappa shape index (κ3) is 2.86. The average Bonchev–Trinajstić information content (AvgIpc) is 3.04. The maximum atomic E-state index is 6.39. The van der Waals surface area contributed by atoms with Crippen LogP contribution in [-0.4, -0.2) is 24.8 Å². The molecule has 0 aromatic carbocycles. The first-order valence-electron chi connectivity index (χ1n) is 7.00. The summed E-state index contributed by atoms with van der Waals surface area (Å²) < 4.78 is 3.68. The van der Waals surface area contributed by atoms with E-state index in [1.807, 2.05) is 31.6 Å². The molecular formula is C13H21ClN6. The molecule has 0 radical (unpaired) electrons. The Balaban J connectivity index is 2.25. The van der Waals surface area contributed by atoms with E-state index < -0.39 is 0 Å². The van der Waals surface area contributed by atoms with Crippen LogP contribution in [0.15, 0.2) is 6.20 Å². The number of nitrogens with zero attached hydrogens (tertiary/aromatic N) is 5. The molecule has 2 N–H and O–H groups in total. The van der Waals surface area contributed by atoms with E-state index in [2.05, 4.69) is 15.4 Å². The van der Waals surface area contributed by atoms with Crippen LogP contribution in [0.2, 0.25) is 5.02 Å². The molecule has 20 heavy (non-hydrogen) atoms. The van der Waals surface area contributed by atoms with E-state index in [1.165, 1.54) is 0 Å². The lowest BCUT2D eigenvalue weighted by Gasteiger charge is -2.05. The van der Waals surface area contributed by atoms with Crippen LogP contribution >= 0.6 is 11.6 Å². The standard InChI is InChI=1S/C13H21ClN6/c1-4-9(15)11-7-19(18-16-11)8-12-13(14)10(5-2)17-20(12)6-3/h7,9H,4-6,8,15H2,1-3H3.